The maximum absolute atomic E-state index is 15.2. The number of hydrogen-bond acceptors (Lipinski definition) is 0. The van der Waals surface area contributed by atoms with E-state index >= 15 is 4.39 Å². The lowest BCUT2D eigenvalue weighted by molar-refractivity contribution is 0.0222. The quantitative estimate of drug-likeness (QED) is 0.371. The predicted octanol–water partition coefficient (Wildman–Crippen LogP) is 9.00. The molecule has 3 aliphatic rings. The number of halogens is 1. The highest BCUT2D eigenvalue weighted by Crippen LogP contribution is 2.55. The zero-order chi connectivity index (χ0) is 21.2. The minimum Gasteiger partial charge on any atom is -0.239 e. The van der Waals surface area contributed by atoms with Crippen molar-refractivity contribution in [2.24, 2.45) is 47.3 Å². The van der Waals surface area contributed by atoms with E-state index in [0.29, 0.717) is 12.3 Å². The molecule has 0 radical (unpaired) electrons. The summed E-state index contributed by atoms with van der Waals surface area (Å²) in [4.78, 5) is 0. The molecule has 0 amide bonds. The smallest absolute Gasteiger partial charge is 0.129 e. The van der Waals surface area contributed by atoms with E-state index in [0.717, 1.165) is 47.0 Å². The van der Waals surface area contributed by atoms with Crippen molar-refractivity contribution in [1.29, 1.82) is 0 Å². The van der Waals surface area contributed by atoms with Crippen molar-refractivity contribution in [1.82, 2.24) is 0 Å². The first-order valence-corrected chi connectivity index (χ1v) is 13.2. The van der Waals surface area contributed by atoms with Crippen LogP contribution in [0.3, 0.4) is 0 Å². The molecule has 3 rings (SSSR count). The molecule has 3 fully saturated rings. The predicted molar refractivity (Wildman–Crippen MR) is 125 cm³/mol. The van der Waals surface area contributed by atoms with Crippen LogP contribution in [0.5, 0.6) is 0 Å². The van der Waals surface area contributed by atoms with Crippen molar-refractivity contribution in [3.8, 4) is 0 Å². The van der Waals surface area contributed by atoms with E-state index < -0.39 is 5.67 Å². The van der Waals surface area contributed by atoms with E-state index in [1.54, 1.807) is 6.92 Å². The van der Waals surface area contributed by atoms with Crippen LogP contribution in [0.25, 0.3) is 0 Å². The van der Waals surface area contributed by atoms with Crippen molar-refractivity contribution in [3.05, 3.63) is 12.2 Å². The fraction of sp³-hybridized carbons (Fsp3) is 0.929. The van der Waals surface area contributed by atoms with Gasteiger partial charge in [0.05, 0.1) is 0 Å². The van der Waals surface area contributed by atoms with Crippen molar-refractivity contribution in [3.63, 3.8) is 0 Å². The minimum atomic E-state index is -1.19. The second kappa shape index (κ2) is 9.86. The molecule has 0 heterocycles. The van der Waals surface area contributed by atoms with Crippen LogP contribution in [-0.2, 0) is 0 Å². The van der Waals surface area contributed by atoms with Crippen LogP contribution in [0.1, 0.15) is 112 Å². The Bertz CT molecular complexity index is 530. The van der Waals surface area contributed by atoms with Crippen LogP contribution in [0.4, 0.5) is 4.39 Å². The zero-order valence-corrected chi connectivity index (χ0v) is 20.2. The third-order valence-corrected chi connectivity index (χ3v) is 9.77. The van der Waals surface area contributed by atoms with E-state index in [2.05, 4.69) is 27.4 Å². The lowest BCUT2D eigenvalue weighted by Gasteiger charge is -2.47. The molecule has 0 aromatic rings. The Morgan fingerprint density at radius 2 is 1.69 bits per heavy atom. The van der Waals surface area contributed by atoms with Gasteiger partial charge in [0.15, 0.2) is 0 Å². The molecule has 8 unspecified atom stereocenters. The minimum absolute atomic E-state index is 0.393. The van der Waals surface area contributed by atoms with Crippen LogP contribution in [0.2, 0.25) is 0 Å². The van der Waals surface area contributed by atoms with Gasteiger partial charge in [-0.25, -0.2) is 4.39 Å². The van der Waals surface area contributed by atoms with E-state index in [9.17, 15) is 0 Å². The fourth-order valence-electron chi connectivity index (χ4n) is 7.57. The van der Waals surface area contributed by atoms with Crippen LogP contribution >= 0.6 is 0 Å². The number of allylic oxidation sites excluding steroid dienone is 1. The summed E-state index contributed by atoms with van der Waals surface area (Å²) in [6.07, 6.45) is 15.5. The number of hydrogen-bond donors (Lipinski definition) is 0. The maximum Gasteiger partial charge on any atom is 0.129 e. The van der Waals surface area contributed by atoms with Gasteiger partial charge in [0.25, 0.3) is 0 Å². The fourth-order valence-corrected chi connectivity index (χ4v) is 7.57. The summed E-state index contributed by atoms with van der Waals surface area (Å²) < 4.78 is 15.2. The summed E-state index contributed by atoms with van der Waals surface area (Å²) in [5.74, 6) is 6.64. The van der Waals surface area contributed by atoms with Crippen LogP contribution in [0.15, 0.2) is 12.2 Å². The van der Waals surface area contributed by atoms with Crippen molar-refractivity contribution >= 4 is 0 Å². The summed E-state index contributed by atoms with van der Waals surface area (Å²) in [6, 6.07) is 0. The number of alkyl halides is 1. The first-order valence-electron chi connectivity index (χ1n) is 13.2. The monoisotopic (exact) mass is 404 g/mol. The lowest BCUT2D eigenvalue weighted by atomic mass is 9.58. The van der Waals surface area contributed by atoms with Gasteiger partial charge in [0.1, 0.15) is 5.67 Å². The van der Waals surface area contributed by atoms with Gasteiger partial charge in [-0.15, -0.1) is 0 Å². The molecular formula is C28H49F. The molecule has 0 aromatic carbocycles. The molecule has 0 aromatic heterocycles. The second-order valence-electron chi connectivity index (χ2n) is 11.3. The zero-order valence-electron chi connectivity index (χ0n) is 20.2. The highest BCUT2D eigenvalue weighted by molar-refractivity contribution is 5.15. The van der Waals surface area contributed by atoms with Gasteiger partial charge in [-0.3, -0.25) is 0 Å². The Hall–Kier alpha value is -0.330. The molecule has 0 nitrogen and oxygen atoms in total. The van der Waals surface area contributed by atoms with E-state index in [-0.39, 0.29) is 0 Å². The van der Waals surface area contributed by atoms with Crippen molar-refractivity contribution in [2.75, 3.05) is 0 Å². The SMILES string of the molecule is C=C(C1CCCC2C(CCC)C(CC)CCC2C(C)C(C2CC2)C1)C(C)(F)CC. The van der Waals surface area contributed by atoms with E-state index in [1.165, 1.54) is 70.6 Å². The third-order valence-electron chi connectivity index (χ3n) is 9.77. The van der Waals surface area contributed by atoms with Crippen molar-refractivity contribution in [2.45, 2.75) is 117 Å². The molecule has 8 atom stereocenters. The Labute approximate surface area is 181 Å². The summed E-state index contributed by atoms with van der Waals surface area (Å²) >= 11 is 0. The molecule has 29 heavy (non-hydrogen) atoms. The van der Waals surface area contributed by atoms with Gasteiger partial charge >= 0.3 is 0 Å². The van der Waals surface area contributed by atoms with E-state index in [1.807, 2.05) is 6.92 Å². The maximum atomic E-state index is 15.2. The Balaban J connectivity index is 1.86. The van der Waals surface area contributed by atoms with Gasteiger partial charge in [-0.2, -0.15) is 0 Å². The molecule has 0 N–H and O–H groups in total. The molecule has 168 valence electrons. The first kappa shape index (κ1) is 23.3. The lowest BCUT2D eigenvalue weighted by Crippen LogP contribution is -2.39. The van der Waals surface area contributed by atoms with Gasteiger partial charge in [-0.1, -0.05) is 60.0 Å². The van der Waals surface area contributed by atoms with Gasteiger partial charge in [-0.05, 0) is 111 Å². The average molecular weight is 405 g/mol. The molecule has 3 saturated carbocycles. The summed E-state index contributed by atoms with van der Waals surface area (Å²) in [7, 11) is 0. The highest BCUT2D eigenvalue weighted by atomic mass is 19.1. The molecule has 0 aliphatic heterocycles. The van der Waals surface area contributed by atoms with Gasteiger partial charge in [0.2, 0.25) is 0 Å². The van der Waals surface area contributed by atoms with Crippen molar-refractivity contribution < 1.29 is 4.39 Å². The summed E-state index contributed by atoms with van der Waals surface area (Å²) in [5.41, 5.74) is -0.278. The first-order chi connectivity index (χ1) is 13.8. The van der Waals surface area contributed by atoms with Crippen LogP contribution < -0.4 is 0 Å². The Morgan fingerprint density at radius 1 is 0.966 bits per heavy atom. The second-order valence-corrected chi connectivity index (χ2v) is 11.3. The van der Waals surface area contributed by atoms with Gasteiger partial charge < -0.3 is 0 Å². The largest absolute Gasteiger partial charge is 0.239 e. The topological polar surface area (TPSA) is 0 Å². The Kier molecular flexibility index (Phi) is 7.94. The van der Waals surface area contributed by atoms with Crippen LogP contribution in [-0.4, -0.2) is 5.67 Å². The molecule has 0 bridgehead atoms. The molecular weight excluding hydrogens is 355 g/mol. The summed E-state index contributed by atoms with van der Waals surface area (Å²) in [5, 5.41) is 0. The molecule has 1 heteroatoms. The molecule has 0 saturated heterocycles. The number of fused-ring (bicyclic) bond motifs is 1. The summed E-state index contributed by atoms with van der Waals surface area (Å²) in [6.45, 7) is 15.5. The standard InChI is InChI=1S/C28H49F/c1-7-11-25-21(8-2)16-17-24-19(4)27(22-14-15-22)18-23(12-10-13-26(24)25)20(5)28(6,29)9-3/h19,21-27H,5,7-18H2,1-4,6H3. The number of rotatable bonds is 7. The average Bonchev–Trinajstić information content (AvgIpc) is 3.54. The molecule has 3 aliphatic carbocycles. The Morgan fingerprint density at radius 3 is 2.28 bits per heavy atom. The third kappa shape index (κ3) is 5.12. The highest BCUT2D eigenvalue weighted by Gasteiger charge is 2.46. The van der Waals surface area contributed by atoms with Gasteiger partial charge in [0, 0.05) is 0 Å². The van der Waals surface area contributed by atoms with Crippen LogP contribution in [0, 0.1) is 47.3 Å². The normalized spacial score (nSPS) is 40.8. The van der Waals surface area contributed by atoms with E-state index in [4.69, 9.17) is 0 Å². The molecule has 0 spiro atoms.